The summed E-state index contributed by atoms with van der Waals surface area (Å²) < 4.78 is 5.70. The van der Waals surface area contributed by atoms with Crippen molar-refractivity contribution >= 4 is 5.82 Å². The molecule has 100 valence electrons. The number of aromatic nitrogens is 1. The van der Waals surface area contributed by atoms with Crippen LogP contribution in [0.1, 0.15) is 38.4 Å². The van der Waals surface area contributed by atoms with Gasteiger partial charge in [0.05, 0.1) is 12.2 Å². The van der Waals surface area contributed by atoms with E-state index in [1.54, 1.807) is 13.1 Å². The van der Waals surface area contributed by atoms with Crippen LogP contribution in [-0.2, 0) is 4.74 Å². The number of pyridine rings is 1. The van der Waals surface area contributed by atoms with Crippen LogP contribution in [0.4, 0.5) is 5.82 Å². The van der Waals surface area contributed by atoms with E-state index >= 15 is 0 Å². The maximum atomic E-state index is 9.81. The number of hydrogen-bond acceptors (Lipinski definition) is 4. The number of anilines is 1. The molecule has 0 aliphatic carbocycles. The first-order valence-corrected chi connectivity index (χ1v) is 6.72. The number of ether oxygens (including phenoxy) is 1. The first-order chi connectivity index (χ1) is 8.72. The molecule has 1 aliphatic rings. The van der Waals surface area contributed by atoms with Crippen LogP contribution in [0.3, 0.4) is 0 Å². The summed E-state index contributed by atoms with van der Waals surface area (Å²) in [6.07, 6.45) is 3.81. The highest BCUT2D eigenvalue weighted by Gasteiger charge is 2.23. The maximum absolute atomic E-state index is 9.81. The molecule has 0 bridgehead atoms. The van der Waals surface area contributed by atoms with Crippen LogP contribution >= 0.6 is 0 Å². The van der Waals surface area contributed by atoms with Crippen molar-refractivity contribution in [1.29, 1.82) is 0 Å². The number of aliphatic hydroxyl groups excluding tert-OH is 1. The minimum absolute atomic E-state index is 0.285. The molecular formula is C14H22N2O2. The van der Waals surface area contributed by atoms with Gasteiger partial charge in [-0.05, 0) is 32.8 Å². The zero-order valence-corrected chi connectivity index (χ0v) is 11.2. The molecule has 1 unspecified atom stereocenters. The molecule has 2 rings (SSSR count). The van der Waals surface area contributed by atoms with E-state index in [0.717, 1.165) is 43.9 Å². The van der Waals surface area contributed by atoms with Crippen LogP contribution < -0.4 is 4.90 Å². The van der Waals surface area contributed by atoms with Gasteiger partial charge in [-0.25, -0.2) is 4.98 Å². The van der Waals surface area contributed by atoms with Crippen LogP contribution in [0.25, 0.3) is 0 Å². The number of hydrogen-bond donors (Lipinski definition) is 1. The summed E-state index contributed by atoms with van der Waals surface area (Å²) in [6, 6.07) is 3.81. The quantitative estimate of drug-likeness (QED) is 0.889. The highest BCUT2D eigenvalue weighted by molar-refractivity contribution is 5.48. The topological polar surface area (TPSA) is 45.6 Å². The summed E-state index contributed by atoms with van der Waals surface area (Å²) in [5.41, 5.74) is 0.898. The van der Waals surface area contributed by atoms with Crippen molar-refractivity contribution in [2.24, 2.45) is 0 Å². The van der Waals surface area contributed by atoms with Gasteiger partial charge >= 0.3 is 0 Å². The fourth-order valence-corrected chi connectivity index (χ4v) is 2.50. The van der Waals surface area contributed by atoms with Crippen LogP contribution in [0.15, 0.2) is 18.3 Å². The zero-order valence-electron chi connectivity index (χ0n) is 11.2. The fourth-order valence-electron chi connectivity index (χ4n) is 2.50. The summed E-state index contributed by atoms with van der Waals surface area (Å²) in [4.78, 5) is 6.66. The lowest BCUT2D eigenvalue weighted by Crippen LogP contribution is -2.40. The van der Waals surface area contributed by atoms with Gasteiger partial charge in [-0.3, -0.25) is 0 Å². The number of piperidine rings is 1. The Labute approximate surface area is 109 Å². The van der Waals surface area contributed by atoms with Crippen molar-refractivity contribution < 1.29 is 9.84 Å². The van der Waals surface area contributed by atoms with Gasteiger partial charge in [-0.2, -0.15) is 0 Å². The van der Waals surface area contributed by atoms with E-state index < -0.39 is 6.10 Å². The lowest BCUT2D eigenvalue weighted by atomic mass is 10.1. The average molecular weight is 250 g/mol. The molecule has 1 aromatic rings. The largest absolute Gasteiger partial charge is 0.389 e. The molecule has 4 heteroatoms. The number of rotatable bonds is 4. The molecule has 0 radical (unpaired) electrons. The second-order valence-corrected chi connectivity index (χ2v) is 4.76. The smallest absolute Gasteiger partial charge is 0.134 e. The van der Waals surface area contributed by atoms with Gasteiger partial charge in [0, 0.05) is 31.5 Å². The summed E-state index contributed by atoms with van der Waals surface area (Å²) in [5.74, 6) is 0.900. The Bertz CT molecular complexity index is 380. The maximum Gasteiger partial charge on any atom is 0.134 e. The molecule has 1 N–H and O–H groups in total. The van der Waals surface area contributed by atoms with Crippen molar-refractivity contribution in [3.63, 3.8) is 0 Å². The van der Waals surface area contributed by atoms with E-state index in [4.69, 9.17) is 4.74 Å². The van der Waals surface area contributed by atoms with Crippen molar-refractivity contribution in [3.05, 3.63) is 23.9 Å². The molecule has 2 heterocycles. The van der Waals surface area contributed by atoms with Gasteiger partial charge in [0.1, 0.15) is 5.82 Å². The Hall–Kier alpha value is -1.13. The summed E-state index contributed by atoms with van der Waals surface area (Å²) >= 11 is 0. The molecule has 0 amide bonds. The standard InChI is InChI=1S/C14H22N2O2/c1-3-18-12-6-5-9-16(10-12)14-13(11(2)17)7-4-8-15-14/h4,7-8,11-12,17H,3,5-6,9-10H2,1-2H3/t11-,12?/m1/s1. The molecule has 1 saturated heterocycles. The normalized spacial score (nSPS) is 21.9. The summed E-state index contributed by atoms with van der Waals surface area (Å²) in [7, 11) is 0. The van der Waals surface area contributed by atoms with Gasteiger partial charge in [-0.1, -0.05) is 6.07 Å². The van der Waals surface area contributed by atoms with Gasteiger partial charge in [0.2, 0.25) is 0 Å². The predicted octanol–water partition coefficient (Wildman–Crippen LogP) is 2.14. The molecule has 1 aromatic heterocycles. The second-order valence-electron chi connectivity index (χ2n) is 4.76. The van der Waals surface area contributed by atoms with Crippen molar-refractivity contribution in [2.45, 2.75) is 38.9 Å². The van der Waals surface area contributed by atoms with Crippen LogP contribution in [0, 0.1) is 0 Å². The first kappa shape index (κ1) is 13.3. The highest BCUT2D eigenvalue weighted by atomic mass is 16.5. The summed E-state index contributed by atoms with van der Waals surface area (Å²) in [5, 5.41) is 9.81. The van der Waals surface area contributed by atoms with Gasteiger partial charge in [0.15, 0.2) is 0 Å². The van der Waals surface area contributed by atoms with E-state index in [1.165, 1.54) is 0 Å². The Morgan fingerprint density at radius 2 is 2.44 bits per heavy atom. The molecule has 4 nitrogen and oxygen atoms in total. The van der Waals surface area contributed by atoms with E-state index in [-0.39, 0.29) is 6.10 Å². The molecule has 18 heavy (non-hydrogen) atoms. The van der Waals surface area contributed by atoms with Crippen LogP contribution in [-0.4, -0.2) is 35.9 Å². The molecular weight excluding hydrogens is 228 g/mol. The molecule has 0 saturated carbocycles. The van der Waals surface area contributed by atoms with Crippen molar-refractivity contribution in [2.75, 3.05) is 24.6 Å². The summed E-state index contributed by atoms with van der Waals surface area (Å²) in [6.45, 7) is 6.42. The van der Waals surface area contributed by atoms with Gasteiger partial charge in [0.25, 0.3) is 0 Å². The third-order valence-corrected chi connectivity index (χ3v) is 3.35. The second kappa shape index (κ2) is 6.16. The Morgan fingerprint density at radius 3 is 3.17 bits per heavy atom. The van der Waals surface area contributed by atoms with Crippen LogP contribution in [0.2, 0.25) is 0 Å². The van der Waals surface area contributed by atoms with Gasteiger partial charge in [-0.15, -0.1) is 0 Å². The molecule has 1 fully saturated rings. The number of nitrogens with zero attached hydrogens (tertiary/aromatic N) is 2. The lowest BCUT2D eigenvalue weighted by Gasteiger charge is -2.34. The molecule has 1 aliphatic heterocycles. The van der Waals surface area contributed by atoms with E-state index in [0.29, 0.717) is 0 Å². The highest BCUT2D eigenvalue weighted by Crippen LogP contribution is 2.26. The van der Waals surface area contributed by atoms with E-state index in [1.807, 2.05) is 19.1 Å². The number of aliphatic hydroxyl groups is 1. The third-order valence-electron chi connectivity index (χ3n) is 3.35. The van der Waals surface area contributed by atoms with Gasteiger partial charge < -0.3 is 14.7 Å². The molecule has 0 aromatic carbocycles. The van der Waals surface area contributed by atoms with E-state index in [9.17, 15) is 5.11 Å². The lowest BCUT2D eigenvalue weighted by molar-refractivity contribution is 0.0523. The zero-order chi connectivity index (χ0) is 13.0. The minimum Gasteiger partial charge on any atom is -0.389 e. The minimum atomic E-state index is -0.485. The third kappa shape index (κ3) is 3.00. The predicted molar refractivity (Wildman–Crippen MR) is 71.7 cm³/mol. The average Bonchev–Trinajstić information content (AvgIpc) is 2.39. The Balaban J connectivity index is 2.15. The van der Waals surface area contributed by atoms with Crippen LogP contribution in [0.5, 0.6) is 0 Å². The SMILES string of the molecule is CCOC1CCCN(c2ncccc2[C@@H](C)O)C1. The monoisotopic (exact) mass is 250 g/mol. The van der Waals surface area contributed by atoms with Crippen molar-refractivity contribution in [1.82, 2.24) is 4.98 Å². The molecule has 0 spiro atoms. The Morgan fingerprint density at radius 1 is 1.61 bits per heavy atom. The Kier molecular flexibility index (Phi) is 4.55. The fraction of sp³-hybridized carbons (Fsp3) is 0.643. The molecule has 2 atom stereocenters. The van der Waals surface area contributed by atoms with E-state index in [2.05, 4.69) is 9.88 Å². The first-order valence-electron chi connectivity index (χ1n) is 6.72. The van der Waals surface area contributed by atoms with Crippen molar-refractivity contribution in [3.8, 4) is 0 Å².